The summed E-state index contributed by atoms with van der Waals surface area (Å²) in [6.45, 7) is 2.33. The molecule has 22 heavy (non-hydrogen) atoms. The fraction of sp³-hybridized carbons (Fsp3) is 0.438. The number of rotatable bonds is 4. The Morgan fingerprint density at radius 2 is 2.36 bits per heavy atom. The molecule has 0 aliphatic carbocycles. The SMILES string of the molecule is O=C(CCc1ccc(-c2cccs2)o1)N1CCNC[C@H](O)C1. The number of aliphatic hydroxyl groups excluding tert-OH is 1. The van der Waals surface area contributed by atoms with Crippen molar-refractivity contribution in [3.8, 4) is 10.6 Å². The van der Waals surface area contributed by atoms with E-state index >= 15 is 0 Å². The topological polar surface area (TPSA) is 65.7 Å². The summed E-state index contributed by atoms with van der Waals surface area (Å²) in [5.41, 5.74) is 0. The predicted octanol–water partition coefficient (Wildman–Crippen LogP) is 1.73. The first-order valence-electron chi connectivity index (χ1n) is 7.51. The predicted molar refractivity (Wildman–Crippen MR) is 85.8 cm³/mol. The first kappa shape index (κ1) is 15.3. The second-order valence-electron chi connectivity index (χ2n) is 5.44. The van der Waals surface area contributed by atoms with Crippen molar-refractivity contribution in [2.45, 2.75) is 18.9 Å². The lowest BCUT2D eigenvalue weighted by atomic mass is 10.2. The number of β-amino-alcohol motifs (C(OH)–C–C–N with tert-alkyl or cyclic N) is 1. The molecule has 3 rings (SSSR count). The van der Waals surface area contributed by atoms with E-state index in [1.165, 1.54) is 0 Å². The number of carbonyl (C=O) groups is 1. The van der Waals surface area contributed by atoms with Gasteiger partial charge in [0.1, 0.15) is 11.5 Å². The average molecular weight is 320 g/mol. The van der Waals surface area contributed by atoms with Gasteiger partial charge in [-0.1, -0.05) is 6.07 Å². The fourth-order valence-electron chi connectivity index (χ4n) is 2.57. The van der Waals surface area contributed by atoms with E-state index in [1.807, 2.05) is 29.6 Å². The van der Waals surface area contributed by atoms with E-state index in [4.69, 9.17) is 4.42 Å². The number of nitrogens with zero attached hydrogens (tertiary/aromatic N) is 1. The monoisotopic (exact) mass is 320 g/mol. The van der Waals surface area contributed by atoms with Crippen LogP contribution in [0.3, 0.4) is 0 Å². The third-order valence-electron chi connectivity index (χ3n) is 3.73. The van der Waals surface area contributed by atoms with Gasteiger partial charge < -0.3 is 19.7 Å². The molecule has 118 valence electrons. The minimum absolute atomic E-state index is 0.0665. The number of hydrogen-bond donors (Lipinski definition) is 2. The van der Waals surface area contributed by atoms with Gasteiger partial charge >= 0.3 is 0 Å². The van der Waals surface area contributed by atoms with Crippen LogP contribution in [-0.2, 0) is 11.2 Å². The molecule has 2 aromatic heterocycles. The molecule has 6 heteroatoms. The molecule has 1 aliphatic heterocycles. The molecule has 2 aromatic rings. The summed E-state index contributed by atoms with van der Waals surface area (Å²) in [5, 5.41) is 14.9. The summed E-state index contributed by atoms with van der Waals surface area (Å²) in [6, 6.07) is 7.89. The molecule has 1 amide bonds. The Morgan fingerprint density at radius 1 is 1.45 bits per heavy atom. The Hall–Kier alpha value is -1.63. The van der Waals surface area contributed by atoms with Gasteiger partial charge in [-0.05, 0) is 23.6 Å². The third-order valence-corrected chi connectivity index (χ3v) is 4.62. The summed E-state index contributed by atoms with van der Waals surface area (Å²) in [6.07, 6.45) is 0.509. The first-order valence-corrected chi connectivity index (χ1v) is 8.39. The second-order valence-corrected chi connectivity index (χ2v) is 6.39. The largest absolute Gasteiger partial charge is 0.460 e. The number of amides is 1. The van der Waals surface area contributed by atoms with Crippen LogP contribution in [0.25, 0.3) is 10.6 Å². The Balaban J connectivity index is 1.54. The van der Waals surface area contributed by atoms with Gasteiger partial charge in [0.05, 0.1) is 11.0 Å². The highest BCUT2D eigenvalue weighted by Crippen LogP contribution is 2.27. The third kappa shape index (κ3) is 3.76. The van der Waals surface area contributed by atoms with Crippen LogP contribution in [-0.4, -0.2) is 48.2 Å². The Kier molecular flexibility index (Phi) is 4.92. The molecule has 0 bridgehead atoms. The highest BCUT2D eigenvalue weighted by Gasteiger charge is 2.20. The van der Waals surface area contributed by atoms with E-state index < -0.39 is 6.10 Å². The first-order chi connectivity index (χ1) is 10.7. The van der Waals surface area contributed by atoms with Crippen LogP contribution in [0.15, 0.2) is 34.1 Å². The number of furan rings is 1. The lowest BCUT2D eigenvalue weighted by Crippen LogP contribution is -2.37. The van der Waals surface area contributed by atoms with Crippen molar-refractivity contribution in [2.24, 2.45) is 0 Å². The normalized spacial score (nSPS) is 19.1. The number of thiophene rings is 1. The van der Waals surface area contributed by atoms with Crippen LogP contribution >= 0.6 is 11.3 Å². The summed E-state index contributed by atoms with van der Waals surface area (Å²) in [5.74, 6) is 1.74. The van der Waals surface area contributed by atoms with E-state index in [2.05, 4.69) is 5.32 Å². The molecule has 1 atom stereocenters. The van der Waals surface area contributed by atoms with Gasteiger partial charge in [-0.25, -0.2) is 0 Å². The van der Waals surface area contributed by atoms with Crippen molar-refractivity contribution in [1.82, 2.24) is 10.2 Å². The highest BCUT2D eigenvalue weighted by molar-refractivity contribution is 7.13. The van der Waals surface area contributed by atoms with Crippen molar-refractivity contribution < 1.29 is 14.3 Å². The van der Waals surface area contributed by atoms with Crippen molar-refractivity contribution in [3.63, 3.8) is 0 Å². The Morgan fingerprint density at radius 3 is 3.18 bits per heavy atom. The van der Waals surface area contributed by atoms with Crippen molar-refractivity contribution in [2.75, 3.05) is 26.2 Å². The maximum atomic E-state index is 12.3. The summed E-state index contributed by atoms with van der Waals surface area (Å²) < 4.78 is 5.79. The maximum absolute atomic E-state index is 12.3. The number of carbonyl (C=O) groups excluding carboxylic acids is 1. The molecule has 1 saturated heterocycles. The summed E-state index contributed by atoms with van der Waals surface area (Å²) in [4.78, 5) is 15.1. The Bertz CT molecular complexity index is 609. The standard InChI is InChI=1S/C16H20N2O3S/c19-12-10-17-7-8-18(11-12)16(20)6-4-13-3-5-14(21-13)15-2-1-9-22-15/h1-3,5,9,12,17,19H,4,6-8,10-11H2/t12-/m0/s1. The molecule has 0 unspecified atom stereocenters. The maximum Gasteiger partial charge on any atom is 0.223 e. The number of hydrogen-bond acceptors (Lipinski definition) is 5. The van der Waals surface area contributed by atoms with Gasteiger partial charge in [0.15, 0.2) is 0 Å². The van der Waals surface area contributed by atoms with Crippen LogP contribution in [0.5, 0.6) is 0 Å². The van der Waals surface area contributed by atoms with E-state index in [0.717, 1.165) is 22.9 Å². The molecule has 0 spiro atoms. The van der Waals surface area contributed by atoms with Crippen LogP contribution in [0, 0.1) is 0 Å². The minimum atomic E-state index is -0.486. The van der Waals surface area contributed by atoms with Gasteiger partial charge in [0.2, 0.25) is 5.91 Å². The number of aliphatic hydroxyl groups is 1. The molecule has 0 saturated carbocycles. The highest BCUT2D eigenvalue weighted by atomic mass is 32.1. The lowest BCUT2D eigenvalue weighted by molar-refractivity contribution is -0.132. The minimum Gasteiger partial charge on any atom is -0.460 e. The van der Waals surface area contributed by atoms with E-state index in [-0.39, 0.29) is 5.91 Å². The number of nitrogens with one attached hydrogen (secondary N) is 1. The molecule has 0 radical (unpaired) electrons. The zero-order valence-electron chi connectivity index (χ0n) is 12.3. The van der Waals surface area contributed by atoms with Crippen molar-refractivity contribution in [1.29, 1.82) is 0 Å². The van der Waals surface area contributed by atoms with Crippen molar-refractivity contribution >= 4 is 17.2 Å². The van der Waals surface area contributed by atoms with Crippen LogP contribution in [0.4, 0.5) is 0 Å². The Labute approximate surface area is 133 Å². The van der Waals surface area contributed by atoms with Crippen molar-refractivity contribution in [3.05, 3.63) is 35.4 Å². The van der Waals surface area contributed by atoms with E-state index in [1.54, 1.807) is 16.2 Å². The van der Waals surface area contributed by atoms with Gasteiger partial charge in [0, 0.05) is 39.0 Å². The lowest BCUT2D eigenvalue weighted by Gasteiger charge is -2.21. The fourth-order valence-corrected chi connectivity index (χ4v) is 3.26. The smallest absolute Gasteiger partial charge is 0.223 e. The van der Waals surface area contributed by atoms with Crippen LogP contribution < -0.4 is 5.32 Å². The van der Waals surface area contributed by atoms with Crippen LogP contribution in [0.2, 0.25) is 0 Å². The van der Waals surface area contributed by atoms with Gasteiger partial charge in [-0.15, -0.1) is 11.3 Å². The molecular formula is C16H20N2O3S. The van der Waals surface area contributed by atoms with E-state index in [0.29, 0.717) is 32.5 Å². The molecule has 0 aromatic carbocycles. The molecule has 2 N–H and O–H groups in total. The zero-order chi connectivity index (χ0) is 15.4. The zero-order valence-corrected chi connectivity index (χ0v) is 13.1. The molecule has 3 heterocycles. The quantitative estimate of drug-likeness (QED) is 0.900. The van der Waals surface area contributed by atoms with Gasteiger partial charge in [-0.2, -0.15) is 0 Å². The molecule has 1 fully saturated rings. The van der Waals surface area contributed by atoms with Gasteiger partial charge in [-0.3, -0.25) is 4.79 Å². The van der Waals surface area contributed by atoms with E-state index in [9.17, 15) is 9.90 Å². The molecule has 1 aliphatic rings. The second kappa shape index (κ2) is 7.09. The van der Waals surface area contributed by atoms with Crippen LogP contribution in [0.1, 0.15) is 12.2 Å². The van der Waals surface area contributed by atoms with Gasteiger partial charge in [0.25, 0.3) is 0 Å². The number of aryl methyl sites for hydroxylation is 1. The molecule has 5 nitrogen and oxygen atoms in total. The summed E-state index contributed by atoms with van der Waals surface area (Å²) >= 11 is 1.64. The summed E-state index contributed by atoms with van der Waals surface area (Å²) in [7, 11) is 0. The molecular weight excluding hydrogens is 300 g/mol. The average Bonchev–Trinajstić information content (AvgIpc) is 3.14.